The zero-order chi connectivity index (χ0) is 20.4. The van der Waals surface area contributed by atoms with E-state index in [1.54, 1.807) is 18.2 Å². The molecule has 3 aromatic carbocycles. The predicted octanol–water partition coefficient (Wildman–Crippen LogP) is 3.14. The monoisotopic (exact) mass is 393 g/mol. The molecule has 0 bridgehead atoms. The van der Waals surface area contributed by atoms with Crippen molar-refractivity contribution in [2.45, 2.75) is 19.6 Å². The molecule has 0 aliphatic carbocycles. The smallest absolute Gasteiger partial charge is 0.342 e. The fourth-order valence-electron chi connectivity index (χ4n) is 3.05. The minimum Gasteiger partial charge on any atom is -0.507 e. The van der Waals surface area contributed by atoms with Gasteiger partial charge in [0, 0.05) is 6.54 Å². The molecule has 7 nitrogen and oxygen atoms in total. The number of hydrogen-bond donors (Lipinski definition) is 2. The first kappa shape index (κ1) is 18.6. The number of amides is 1. The van der Waals surface area contributed by atoms with E-state index in [0.717, 1.165) is 16.3 Å². The molecular weight excluding hydrogens is 374 g/mol. The molecule has 1 amide bonds. The van der Waals surface area contributed by atoms with Crippen molar-refractivity contribution in [3.63, 3.8) is 0 Å². The van der Waals surface area contributed by atoms with Crippen LogP contribution in [0.15, 0.2) is 54.6 Å². The molecule has 0 saturated heterocycles. The van der Waals surface area contributed by atoms with Gasteiger partial charge in [-0.3, -0.25) is 4.79 Å². The number of ether oxygens (including phenoxy) is 3. The highest BCUT2D eigenvalue weighted by atomic mass is 16.7. The van der Waals surface area contributed by atoms with Crippen LogP contribution in [-0.4, -0.2) is 29.9 Å². The molecule has 1 unspecified atom stereocenters. The second kappa shape index (κ2) is 7.71. The first-order valence-electron chi connectivity index (χ1n) is 9.10. The standard InChI is InChI=1S/C22H19NO6/c1-13(21(25)23-11-14-6-7-19-20(8-14)28-12-27-19)29-22(26)17-9-15-4-2-3-5-16(15)10-18(17)24/h2-10,13,24H,11-12H2,1H3,(H,23,25). The topological polar surface area (TPSA) is 94.1 Å². The predicted molar refractivity (Wildman–Crippen MR) is 105 cm³/mol. The van der Waals surface area contributed by atoms with Crippen molar-refractivity contribution in [1.82, 2.24) is 5.32 Å². The van der Waals surface area contributed by atoms with E-state index >= 15 is 0 Å². The van der Waals surface area contributed by atoms with Gasteiger partial charge >= 0.3 is 5.97 Å². The summed E-state index contributed by atoms with van der Waals surface area (Å²) in [6, 6.07) is 15.7. The van der Waals surface area contributed by atoms with Crippen LogP contribution in [-0.2, 0) is 16.1 Å². The highest BCUT2D eigenvalue weighted by Gasteiger charge is 2.21. The maximum absolute atomic E-state index is 12.4. The van der Waals surface area contributed by atoms with Crippen molar-refractivity contribution in [1.29, 1.82) is 0 Å². The lowest BCUT2D eigenvalue weighted by molar-refractivity contribution is -0.129. The molecule has 0 spiro atoms. The van der Waals surface area contributed by atoms with E-state index < -0.39 is 18.0 Å². The fourth-order valence-corrected chi connectivity index (χ4v) is 3.05. The fraction of sp³-hybridized carbons (Fsp3) is 0.182. The summed E-state index contributed by atoms with van der Waals surface area (Å²) in [5.74, 6) is -0.113. The Morgan fingerprint density at radius 3 is 2.59 bits per heavy atom. The van der Waals surface area contributed by atoms with Crippen LogP contribution in [0.4, 0.5) is 0 Å². The number of rotatable bonds is 5. The number of phenols is 1. The van der Waals surface area contributed by atoms with Crippen LogP contribution in [0, 0.1) is 0 Å². The summed E-state index contributed by atoms with van der Waals surface area (Å²) in [6.45, 7) is 1.91. The molecule has 1 aliphatic heterocycles. The number of aromatic hydroxyl groups is 1. The van der Waals surface area contributed by atoms with Gasteiger partial charge in [0.15, 0.2) is 17.6 Å². The van der Waals surface area contributed by atoms with E-state index in [1.807, 2.05) is 30.3 Å². The molecule has 148 valence electrons. The van der Waals surface area contributed by atoms with Crippen LogP contribution in [0.1, 0.15) is 22.8 Å². The Labute approximate surface area is 166 Å². The molecule has 2 N–H and O–H groups in total. The molecule has 1 heterocycles. The van der Waals surface area contributed by atoms with Crippen molar-refractivity contribution in [3.8, 4) is 17.2 Å². The Morgan fingerprint density at radius 1 is 1.07 bits per heavy atom. The Balaban J connectivity index is 1.38. The Hall–Kier alpha value is -3.74. The largest absolute Gasteiger partial charge is 0.507 e. The molecule has 0 aromatic heterocycles. The lowest BCUT2D eigenvalue weighted by atomic mass is 10.1. The first-order chi connectivity index (χ1) is 14.0. The van der Waals surface area contributed by atoms with Gasteiger partial charge in [0.2, 0.25) is 6.79 Å². The third-order valence-corrected chi connectivity index (χ3v) is 4.64. The van der Waals surface area contributed by atoms with E-state index in [4.69, 9.17) is 14.2 Å². The summed E-state index contributed by atoms with van der Waals surface area (Å²) in [6.07, 6.45) is -1.03. The number of esters is 1. The number of nitrogens with one attached hydrogen (secondary N) is 1. The summed E-state index contributed by atoms with van der Waals surface area (Å²) in [5, 5.41) is 14.4. The zero-order valence-corrected chi connectivity index (χ0v) is 15.7. The van der Waals surface area contributed by atoms with Gasteiger partial charge in [-0.05, 0) is 47.5 Å². The molecule has 0 saturated carbocycles. The molecule has 3 aromatic rings. The molecule has 0 radical (unpaired) electrons. The average Bonchev–Trinajstić information content (AvgIpc) is 3.19. The SMILES string of the molecule is CC(OC(=O)c1cc2ccccc2cc1O)C(=O)NCc1ccc2c(c1)OCO2. The van der Waals surface area contributed by atoms with Gasteiger partial charge in [0.05, 0.1) is 0 Å². The van der Waals surface area contributed by atoms with E-state index in [0.29, 0.717) is 11.5 Å². The van der Waals surface area contributed by atoms with Crippen LogP contribution in [0.2, 0.25) is 0 Å². The third-order valence-electron chi connectivity index (χ3n) is 4.64. The van der Waals surface area contributed by atoms with Crippen molar-refractivity contribution >= 4 is 22.6 Å². The molecule has 1 atom stereocenters. The van der Waals surface area contributed by atoms with Crippen molar-refractivity contribution in [2.75, 3.05) is 6.79 Å². The number of benzene rings is 3. The van der Waals surface area contributed by atoms with Crippen LogP contribution in [0.5, 0.6) is 17.2 Å². The van der Waals surface area contributed by atoms with E-state index in [2.05, 4.69) is 5.32 Å². The zero-order valence-electron chi connectivity index (χ0n) is 15.7. The summed E-state index contributed by atoms with van der Waals surface area (Å²) in [5.41, 5.74) is 0.840. The van der Waals surface area contributed by atoms with E-state index in [1.165, 1.54) is 13.0 Å². The lowest BCUT2D eigenvalue weighted by Crippen LogP contribution is -2.35. The van der Waals surface area contributed by atoms with Gasteiger partial charge in [-0.15, -0.1) is 0 Å². The second-order valence-corrected chi connectivity index (χ2v) is 6.67. The minimum atomic E-state index is -1.03. The Bertz CT molecular complexity index is 1090. The molecule has 1 aliphatic rings. The molecule has 4 rings (SSSR count). The quantitative estimate of drug-likeness (QED) is 0.647. The minimum absolute atomic E-state index is 0.0131. The second-order valence-electron chi connectivity index (χ2n) is 6.67. The van der Waals surface area contributed by atoms with Crippen LogP contribution in [0.3, 0.4) is 0 Å². The molecular formula is C22H19NO6. The van der Waals surface area contributed by atoms with Crippen molar-refractivity contribution < 1.29 is 28.9 Å². The number of fused-ring (bicyclic) bond motifs is 2. The van der Waals surface area contributed by atoms with Gasteiger partial charge < -0.3 is 24.6 Å². The maximum atomic E-state index is 12.4. The highest BCUT2D eigenvalue weighted by molar-refractivity contribution is 5.99. The molecule has 29 heavy (non-hydrogen) atoms. The summed E-state index contributed by atoms with van der Waals surface area (Å²) >= 11 is 0. The average molecular weight is 393 g/mol. The number of carbonyl (C=O) groups is 2. The summed E-state index contributed by atoms with van der Waals surface area (Å²) < 4.78 is 15.8. The Morgan fingerprint density at radius 2 is 1.79 bits per heavy atom. The van der Waals surface area contributed by atoms with Gasteiger partial charge in [0.25, 0.3) is 5.91 Å². The molecule has 0 fully saturated rings. The van der Waals surface area contributed by atoms with E-state index in [9.17, 15) is 14.7 Å². The highest BCUT2D eigenvalue weighted by Crippen LogP contribution is 2.32. The van der Waals surface area contributed by atoms with E-state index in [-0.39, 0.29) is 24.7 Å². The van der Waals surface area contributed by atoms with Gasteiger partial charge in [-0.2, -0.15) is 0 Å². The Kier molecular flexibility index (Phi) is 4.95. The van der Waals surface area contributed by atoms with Crippen LogP contribution < -0.4 is 14.8 Å². The number of carbonyl (C=O) groups excluding carboxylic acids is 2. The molecule has 7 heteroatoms. The summed E-state index contributed by atoms with van der Waals surface area (Å²) in [4.78, 5) is 24.7. The maximum Gasteiger partial charge on any atom is 0.342 e. The van der Waals surface area contributed by atoms with Crippen molar-refractivity contribution in [2.24, 2.45) is 0 Å². The van der Waals surface area contributed by atoms with Crippen molar-refractivity contribution in [3.05, 3.63) is 65.7 Å². The number of phenolic OH excluding ortho intramolecular Hbond substituents is 1. The number of hydrogen-bond acceptors (Lipinski definition) is 6. The lowest BCUT2D eigenvalue weighted by Gasteiger charge is -2.14. The third kappa shape index (κ3) is 3.94. The van der Waals surface area contributed by atoms with Gasteiger partial charge in [-0.25, -0.2) is 4.79 Å². The van der Waals surface area contributed by atoms with Crippen LogP contribution in [0.25, 0.3) is 10.8 Å². The van der Waals surface area contributed by atoms with Crippen LogP contribution >= 0.6 is 0 Å². The van der Waals surface area contributed by atoms with Gasteiger partial charge in [0.1, 0.15) is 11.3 Å². The van der Waals surface area contributed by atoms with Gasteiger partial charge in [-0.1, -0.05) is 30.3 Å². The normalized spacial score (nSPS) is 13.1. The summed E-state index contributed by atoms with van der Waals surface area (Å²) in [7, 11) is 0. The first-order valence-corrected chi connectivity index (χ1v) is 9.10.